The van der Waals surface area contributed by atoms with Crippen molar-refractivity contribution in [3.8, 4) is 0 Å². The molecule has 4 rings (SSSR count). The first-order valence-electron chi connectivity index (χ1n) is 8.71. The number of nitrogens with one attached hydrogen (secondary N) is 1. The van der Waals surface area contributed by atoms with E-state index in [1.807, 2.05) is 44.2 Å². The Kier molecular flexibility index (Phi) is 4.64. The van der Waals surface area contributed by atoms with Gasteiger partial charge in [0.2, 0.25) is 5.13 Å². The van der Waals surface area contributed by atoms with Gasteiger partial charge in [-0.25, -0.2) is 0 Å². The van der Waals surface area contributed by atoms with Crippen molar-refractivity contribution in [2.45, 2.75) is 30.6 Å². The number of aromatic nitrogens is 2. The second kappa shape index (κ2) is 6.99. The lowest BCUT2D eigenvalue weighted by Crippen LogP contribution is -2.35. The Morgan fingerprint density at radius 2 is 1.86 bits per heavy atom. The molecule has 1 aliphatic rings. The Morgan fingerprint density at radius 3 is 2.64 bits per heavy atom. The predicted molar refractivity (Wildman–Crippen MR) is 108 cm³/mol. The lowest BCUT2D eigenvalue weighted by atomic mass is 10.1. The summed E-state index contributed by atoms with van der Waals surface area (Å²) in [5, 5.41) is 10.5. The lowest BCUT2D eigenvalue weighted by Gasteiger charge is -2.22. The first kappa shape index (κ1) is 18.6. The van der Waals surface area contributed by atoms with Gasteiger partial charge >= 0.3 is 0 Å². The molecule has 2 aromatic carbocycles. The van der Waals surface area contributed by atoms with Crippen LogP contribution in [0.5, 0.6) is 0 Å². The number of carbonyl (C=O) groups excluding carboxylic acids is 1. The SMILES string of the molecule is Cc1ccccc1C(=O)Nc1nnc(S(=O)(=O)N2c3ccccc3C[C@H]2C)s1. The zero-order valence-electron chi connectivity index (χ0n) is 15.3. The van der Waals surface area contributed by atoms with Crippen molar-refractivity contribution in [3.63, 3.8) is 0 Å². The molecule has 28 heavy (non-hydrogen) atoms. The van der Waals surface area contributed by atoms with Crippen LogP contribution in [0.3, 0.4) is 0 Å². The average Bonchev–Trinajstić information content (AvgIpc) is 3.26. The van der Waals surface area contributed by atoms with E-state index in [9.17, 15) is 13.2 Å². The number of benzene rings is 2. The fraction of sp³-hybridized carbons (Fsp3) is 0.211. The van der Waals surface area contributed by atoms with Gasteiger partial charge < -0.3 is 0 Å². The van der Waals surface area contributed by atoms with Gasteiger partial charge in [0.05, 0.1) is 5.69 Å². The molecule has 0 aliphatic carbocycles. The molecule has 9 heteroatoms. The smallest absolute Gasteiger partial charge is 0.293 e. The summed E-state index contributed by atoms with van der Waals surface area (Å²) in [6, 6.07) is 14.4. The van der Waals surface area contributed by atoms with Crippen LogP contribution in [0.1, 0.15) is 28.4 Å². The van der Waals surface area contributed by atoms with Gasteiger partial charge in [0.15, 0.2) is 0 Å². The molecule has 2 heterocycles. The highest BCUT2D eigenvalue weighted by atomic mass is 32.2. The summed E-state index contributed by atoms with van der Waals surface area (Å²) < 4.78 is 27.5. The fourth-order valence-electron chi connectivity index (χ4n) is 3.34. The average molecular weight is 415 g/mol. The number of amides is 1. The number of rotatable bonds is 4. The Labute approximate surface area is 167 Å². The van der Waals surface area contributed by atoms with Crippen molar-refractivity contribution in [1.29, 1.82) is 0 Å². The number of hydrogen-bond acceptors (Lipinski definition) is 6. The monoisotopic (exact) mass is 414 g/mol. The molecule has 0 saturated heterocycles. The van der Waals surface area contributed by atoms with Gasteiger partial charge in [-0.2, -0.15) is 8.42 Å². The van der Waals surface area contributed by atoms with Crippen LogP contribution in [0.4, 0.5) is 10.8 Å². The van der Waals surface area contributed by atoms with E-state index in [0.717, 1.165) is 22.5 Å². The number of nitrogens with zero attached hydrogens (tertiary/aromatic N) is 3. The Bertz CT molecular complexity index is 1160. The minimum absolute atomic E-state index is 0.142. The van der Waals surface area contributed by atoms with Gasteiger partial charge in [0.25, 0.3) is 20.3 Å². The van der Waals surface area contributed by atoms with Crippen LogP contribution < -0.4 is 9.62 Å². The van der Waals surface area contributed by atoms with E-state index in [1.165, 1.54) is 4.31 Å². The first-order chi connectivity index (χ1) is 13.4. The minimum Gasteiger partial charge on any atom is -0.296 e. The standard InChI is InChI=1S/C19H18N4O3S2/c1-12-7-3-5-9-15(12)17(24)20-18-21-22-19(27-18)28(25,26)23-13(2)11-14-8-4-6-10-16(14)23/h3-10,13H,11H2,1-2H3,(H,20,21,24)/t13-/m1/s1. The molecule has 1 amide bonds. The summed E-state index contributed by atoms with van der Waals surface area (Å²) in [6.45, 7) is 3.69. The van der Waals surface area contributed by atoms with E-state index in [-0.39, 0.29) is 21.4 Å². The van der Waals surface area contributed by atoms with Crippen molar-refractivity contribution in [2.75, 3.05) is 9.62 Å². The molecule has 3 aromatic rings. The number of carbonyl (C=O) groups is 1. The molecule has 0 unspecified atom stereocenters. The lowest BCUT2D eigenvalue weighted by molar-refractivity contribution is 0.102. The third kappa shape index (κ3) is 3.16. The molecular weight excluding hydrogens is 396 g/mol. The molecule has 0 fully saturated rings. The van der Waals surface area contributed by atoms with Crippen LogP contribution in [0.25, 0.3) is 0 Å². The predicted octanol–water partition coefficient (Wildman–Crippen LogP) is 3.24. The maximum Gasteiger partial charge on any atom is 0.293 e. The molecule has 144 valence electrons. The first-order valence-corrected chi connectivity index (χ1v) is 11.0. The summed E-state index contributed by atoms with van der Waals surface area (Å²) in [5.74, 6) is -0.349. The van der Waals surface area contributed by atoms with Crippen molar-refractivity contribution < 1.29 is 13.2 Å². The van der Waals surface area contributed by atoms with Gasteiger partial charge in [0.1, 0.15) is 0 Å². The third-order valence-corrected chi connectivity index (χ3v) is 7.75. The quantitative estimate of drug-likeness (QED) is 0.662. The van der Waals surface area contributed by atoms with Crippen molar-refractivity contribution in [3.05, 3.63) is 65.2 Å². The van der Waals surface area contributed by atoms with Gasteiger partial charge in [-0.3, -0.25) is 14.4 Å². The molecule has 0 spiro atoms. The molecule has 0 saturated carbocycles. The van der Waals surface area contributed by atoms with Crippen LogP contribution in [0.2, 0.25) is 0 Å². The molecule has 1 atom stereocenters. The molecule has 0 radical (unpaired) electrons. The normalized spacial score (nSPS) is 16.1. The van der Waals surface area contributed by atoms with Gasteiger partial charge in [-0.1, -0.05) is 47.7 Å². The molecule has 1 aromatic heterocycles. The van der Waals surface area contributed by atoms with Gasteiger partial charge in [0, 0.05) is 11.6 Å². The molecule has 0 bridgehead atoms. The zero-order chi connectivity index (χ0) is 19.9. The number of fused-ring (bicyclic) bond motifs is 1. The number of aryl methyl sites for hydroxylation is 1. The highest BCUT2D eigenvalue weighted by molar-refractivity contribution is 7.94. The van der Waals surface area contributed by atoms with E-state index in [1.54, 1.807) is 18.2 Å². The van der Waals surface area contributed by atoms with Crippen LogP contribution in [0, 0.1) is 6.92 Å². The van der Waals surface area contributed by atoms with E-state index < -0.39 is 10.0 Å². The van der Waals surface area contributed by atoms with Gasteiger partial charge in [-0.15, -0.1) is 10.2 Å². The van der Waals surface area contributed by atoms with Gasteiger partial charge in [-0.05, 0) is 43.5 Å². The fourth-order valence-corrected chi connectivity index (χ4v) is 6.01. The van der Waals surface area contributed by atoms with Crippen molar-refractivity contribution in [2.24, 2.45) is 0 Å². The zero-order valence-corrected chi connectivity index (χ0v) is 16.9. The summed E-state index contributed by atoms with van der Waals surface area (Å²) >= 11 is 0.848. The topological polar surface area (TPSA) is 92.3 Å². The largest absolute Gasteiger partial charge is 0.296 e. The summed E-state index contributed by atoms with van der Waals surface area (Å²) in [6.07, 6.45) is 0.644. The number of sulfonamides is 1. The minimum atomic E-state index is -3.86. The summed E-state index contributed by atoms with van der Waals surface area (Å²) in [5.41, 5.74) is 2.97. The number of para-hydroxylation sites is 1. The molecule has 1 N–H and O–H groups in total. The highest BCUT2D eigenvalue weighted by Crippen LogP contribution is 2.37. The second-order valence-corrected chi connectivity index (χ2v) is 9.59. The molecule has 7 nitrogen and oxygen atoms in total. The summed E-state index contributed by atoms with van der Waals surface area (Å²) in [4.78, 5) is 12.4. The second-order valence-electron chi connectivity index (χ2n) is 6.62. The molecular formula is C19H18N4O3S2. The maximum absolute atomic E-state index is 13.2. The summed E-state index contributed by atoms with van der Waals surface area (Å²) in [7, 11) is -3.86. The highest BCUT2D eigenvalue weighted by Gasteiger charge is 2.38. The van der Waals surface area contributed by atoms with Crippen LogP contribution in [0.15, 0.2) is 52.9 Å². The van der Waals surface area contributed by atoms with Crippen molar-refractivity contribution >= 4 is 38.1 Å². The van der Waals surface area contributed by atoms with E-state index in [0.29, 0.717) is 17.7 Å². The van der Waals surface area contributed by atoms with Crippen LogP contribution in [-0.2, 0) is 16.4 Å². The Balaban J connectivity index is 1.61. The Morgan fingerprint density at radius 1 is 1.14 bits per heavy atom. The van der Waals surface area contributed by atoms with E-state index >= 15 is 0 Å². The van der Waals surface area contributed by atoms with E-state index in [2.05, 4.69) is 15.5 Å². The maximum atomic E-state index is 13.2. The van der Waals surface area contributed by atoms with Crippen molar-refractivity contribution in [1.82, 2.24) is 10.2 Å². The molecule has 1 aliphatic heterocycles. The number of anilines is 2. The van der Waals surface area contributed by atoms with E-state index in [4.69, 9.17) is 0 Å². The Hall–Kier alpha value is -2.78. The van der Waals surface area contributed by atoms with Crippen LogP contribution in [-0.4, -0.2) is 30.6 Å². The number of hydrogen-bond donors (Lipinski definition) is 1. The van der Waals surface area contributed by atoms with Crippen LogP contribution >= 0.6 is 11.3 Å². The third-order valence-electron chi connectivity index (χ3n) is 4.64.